The van der Waals surface area contributed by atoms with Gasteiger partial charge in [-0.3, -0.25) is 0 Å². The van der Waals surface area contributed by atoms with E-state index in [0.29, 0.717) is 5.41 Å². The van der Waals surface area contributed by atoms with Crippen LogP contribution in [0.1, 0.15) is 79.6 Å². The van der Waals surface area contributed by atoms with Crippen molar-refractivity contribution in [1.82, 2.24) is 0 Å². The van der Waals surface area contributed by atoms with E-state index < -0.39 is 0 Å². The van der Waals surface area contributed by atoms with E-state index in [4.69, 9.17) is 0 Å². The van der Waals surface area contributed by atoms with Gasteiger partial charge in [0, 0.05) is 0 Å². The minimum Gasteiger partial charge on any atom is -0.0654 e. The molecule has 14 heavy (non-hydrogen) atoms. The molecule has 0 saturated carbocycles. The van der Waals surface area contributed by atoms with E-state index >= 15 is 0 Å². The lowest BCUT2D eigenvalue weighted by Crippen LogP contribution is -2.16. The minimum absolute atomic E-state index is 0.463. The third-order valence-corrected chi connectivity index (χ3v) is 3.51. The van der Waals surface area contributed by atoms with Crippen LogP contribution in [0.2, 0.25) is 0 Å². The van der Waals surface area contributed by atoms with E-state index in [1.54, 1.807) is 5.92 Å². The van der Waals surface area contributed by atoms with Gasteiger partial charge in [-0.05, 0) is 17.8 Å². The van der Waals surface area contributed by atoms with Gasteiger partial charge in [0.1, 0.15) is 0 Å². The standard InChI is InChI=1S/C14H29/c1-6-7-8-9-10-11-12-14(4,5)13(2)3/h6-12H2,1-5H3. The summed E-state index contributed by atoms with van der Waals surface area (Å²) >= 11 is 0. The molecular formula is C14H29. The molecule has 0 unspecified atom stereocenters. The Morgan fingerprint density at radius 2 is 1.36 bits per heavy atom. The van der Waals surface area contributed by atoms with Crippen molar-refractivity contribution in [2.75, 3.05) is 0 Å². The van der Waals surface area contributed by atoms with Crippen molar-refractivity contribution < 1.29 is 0 Å². The molecule has 0 bridgehead atoms. The molecular weight excluding hydrogens is 168 g/mol. The van der Waals surface area contributed by atoms with Crippen LogP contribution in [0.15, 0.2) is 0 Å². The van der Waals surface area contributed by atoms with E-state index in [9.17, 15) is 0 Å². The predicted molar refractivity (Wildman–Crippen MR) is 66.4 cm³/mol. The molecule has 0 nitrogen and oxygen atoms in total. The van der Waals surface area contributed by atoms with E-state index in [0.717, 1.165) is 0 Å². The fraction of sp³-hybridized carbons (Fsp3) is 0.929. The second-order valence-electron chi connectivity index (χ2n) is 5.40. The highest BCUT2D eigenvalue weighted by atomic mass is 14.3. The number of rotatable bonds is 8. The summed E-state index contributed by atoms with van der Waals surface area (Å²) in [5.74, 6) is 1.58. The summed E-state index contributed by atoms with van der Waals surface area (Å²) < 4.78 is 0. The Kier molecular flexibility index (Phi) is 7.31. The van der Waals surface area contributed by atoms with E-state index in [1.165, 1.54) is 44.9 Å². The van der Waals surface area contributed by atoms with Crippen LogP contribution in [0.5, 0.6) is 0 Å². The molecule has 85 valence electrons. The second kappa shape index (κ2) is 7.31. The molecule has 0 heterocycles. The summed E-state index contributed by atoms with van der Waals surface area (Å²) in [4.78, 5) is 0. The molecule has 1 radical (unpaired) electrons. The molecule has 0 aromatic heterocycles. The van der Waals surface area contributed by atoms with Crippen molar-refractivity contribution in [3.8, 4) is 0 Å². The molecule has 0 atom stereocenters. The van der Waals surface area contributed by atoms with Gasteiger partial charge in [-0.25, -0.2) is 0 Å². The molecule has 0 N–H and O–H groups in total. The molecule has 0 aliphatic heterocycles. The minimum atomic E-state index is 0.463. The first kappa shape index (κ1) is 14.0. The third kappa shape index (κ3) is 6.45. The zero-order chi connectivity index (χ0) is 11.0. The van der Waals surface area contributed by atoms with Gasteiger partial charge < -0.3 is 0 Å². The quantitative estimate of drug-likeness (QED) is 0.458. The largest absolute Gasteiger partial charge is 0.0654 e. The highest BCUT2D eigenvalue weighted by Crippen LogP contribution is 2.33. The lowest BCUT2D eigenvalue weighted by atomic mass is 9.77. The molecule has 0 heteroatoms. The van der Waals surface area contributed by atoms with Crippen molar-refractivity contribution in [1.29, 1.82) is 0 Å². The zero-order valence-electron chi connectivity index (χ0n) is 10.9. The van der Waals surface area contributed by atoms with Gasteiger partial charge in [0.2, 0.25) is 0 Å². The molecule has 0 fully saturated rings. The molecule has 0 aromatic carbocycles. The normalized spacial score (nSPS) is 12.4. The maximum Gasteiger partial charge on any atom is -0.0247 e. The molecule has 0 rings (SSSR count). The molecule has 0 aliphatic rings. The van der Waals surface area contributed by atoms with Gasteiger partial charge in [0.25, 0.3) is 0 Å². The van der Waals surface area contributed by atoms with Crippen molar-refractivity contribution in [3.63, 3.8) is 0 Å². The van der Waals surface area contributed by atoms with Crippen LogP contribution in [0, 0.1) is 11.3 Å². The van der Waals surface area contributed by atoms with Crippen LogP contribution < -0.4 is 0 Å². The summed E-state index contributed by atoms with van der Waals surface area (Å²) in [5, 5.41) is 0. The lowest BCUT2D eigenvalue weighted by molar-refractivity contribution is 0.339. The van der Waals surface area contributed by atoms with Crippen molar-refractivity contribution in [2.24, 2.45) is 5.41 Å². The van der Waals surface area contributed by atoms with Crippen molar-refractivity contribution >= 4 is 0 Å². The summed E-state index contributed by atoms with van der Waals surface area (Å²) in [6, 6.07) is 0. The predicted octanol–water partition coefficient (Wildman–Crippen LogP) is 5.38. The summed E-state index contributed by atoms with van der Waals surface area (Å²) in [5.41, 5.74) is 0.463. The molecule has 0 spiro atoms. The average molecular weight is 197 g/mol. The zero-order valence-corrected chi connectivity index (χ0v) is 10.9. The van der Waals surface area contributed by atoms with E-state index in [2.05, 4.69) is 34.6 Å². The number of hydrogen-bond donors (Lipinski definition) is 0. The molecule has 0 saturated heterocycles. The molecule has 0 aliphatic carbocycles. The van der Waals surface area contributed by atoms with Crippen molar-refractivity contribution in [3.05, 3.63) is 5.92 Å². The van der Waals surface area contributed by atoms with Gasteiger partial charge in [0.15, 0.2) is 0 Å². The monoisotopic (exact) mass is 197 g/mol. The Hall–Kier alpha value is 0. The third-order valence-electron chi connectivity index (χ3n) is 3.51. The Morgan fingerprint density at radius 1 is 0.857 bits per heavy atom. The van der Waals surface area contributed by atoms with Crippen LogP contribution in [-0.2, 0) is 0 Å². The van der Waals surface area contributed by atoms with Crippen LogP contribution in [0.3, 0.4) is 0 Å². The number of unbranched alkanes of at least 4 members (excludes halogenated alkanes) is 5. The second-order valence-corrected chi connectivity index (χ2v) is 5.40. The number of hydrogen-bond acceptors (Lipinski definition) is 0. The highest BCUT2D eigenvalue weighted by molar-refractivity contribution is 4.94. The Balaban J connectivity index is 3.35. The summed E-state index contributed by atoms with van der Waals surface area (Å²) in [6.45, 7) is 11.5. The van der Waals surface area contributed by atoms with Gasteiger partial charge in [-0.1, -0.05) is 73.1 Å². The maximum absolute atomic E-state index is 2.37. The Labute approximate surface area is 91.5 Å². The first-order valence-electron chi connectivity index (χ1n) is 6.31. The van der Waals surface area contributed by atoms with Gasteiger partial charge in [0.05, 0.1) is 0 Å². The first-order valence-corrected chi connectivity index (χ1v) is 6.31. The van der Waals surface area contributed by atoms with Crippen molar-refractivity contribution in [2.45, 2.75) is 79.6 Å². The Bertz CT molecular complexity index is 122. The lowest BCUT2D eigenvalue weighted by Gasteiger charge is -2.28. The fourth-order valence-electron chi connectivity index (χ4n) is 1.60. The highest BCUT2D eigenvalue weighted by Gasteiger charge is 2.21. The molecule has 0 aromatic rings. The summed E-state index contributed by atoms with van der Waals surface area (Å²) in [6.07, 6.45) is 9.84. The average Bonchev–Trinajstić information content (AvgIpc) is 2.10. The van der Waals surface area contributed by atoms with Crippen LogP contribution in [-0.4, -0.2) is 0 Å². The topological polar surface area (TPSA) is 0 Å². The first-order chi connectivity index (χ1) is 6.50. The smallest absolute Gasteiger partial charge is 0.0247 e. The van der Waals surface area contributed by atoms with Gasteiger partial charge in [-0.15, -0.1) is 0 Å². The van der Waals surface area contributed by atoms with Crippen LogP contribution >= 0.6 is 0 Å². The molecule has 0 amide bonds. The fourth-order valence-corrected chi connectivity index (χ4v) is 1.60. The van der Waals surface area contributed by atoms with E-state index in [1.807, 2.05) is 0 Å². The summed E-state index contributed by atoms with van der Waals surface area (Å²) in [7, 11) is 0. The SMILES string of the molecule is CCCCCCCCC(C)(C)[C](C)C. The van der Waals surface area contributed by atoms with Gasteiger partial charge >= 0.3 is 0 Å². The maximum atomic E-state index is 2.37. The van der Waals surface area contributed by atoms with Gasteiger partial charge in [-0.2, -0.15) is 0 Å². The Morgan fingerprint density at radius 3 is 1.86 bits per heavy atom. The van der Waals surface area contributed by atoms with Crippen LogP contribution in [0.4, 0.5) is 0 Å². The van der Waals surface area contributed by atoms with E-state index in [-0.39, 0.29) is 0 Å². The van der Waals surface area contributed by atoms with Crippen LogP contribution in [0.25, 0.3) is 0 Å².